The average Bonchev–Trinajstić information content (AvgIpc) is 2.67. The fourth-order valence-electron chi connectivity index (χ4n) is 1.42. The van der Waals surface area contributed by atoms with Crippen molar-refractivity contribution in [3.63, 3.8) is 0 Å². The van der Waals surface area contributed by atoms with Crippen LogP contribution in [-0.2, 0) is 6.54 Å². The van der Waals surface area contributed by atoms with Crippen molar-refractivity contribution >= 4 is 11.6 Å². The molecule has 0 saturated carbocycles. The molecule has 5 heteroatoms. The lowest BCUT2D eigenvalue weighted by molar-refractivity contribution is 0.683. The highest BCUT2D eigenvalue weighted by Gasteiger charge is 2.10. The van der Waals surface area contributed by atoms with Gasteiger partial charge in [-0.25, -0.2) is 15.0 Å². The normalized spacial score (nSPS) is 10.5. The Hall–Kier alpha value is -1.42. The molecular formula is C10H11ClN4. The van der Waals surface area contributed by atoms with Crippen molar-refractivity contribution in [2.45, 2.75) is 19.9 Å². The van der Waals surface area contributed by atoms with Crippen molar-refractivity contribution in [2.24, 2.45) is 0 Å². The first-order chi connectivity index (χ1) is 7.33. The number of aromatic nitrogens is 4. The van der Waals surface area contributed by atoms with E-state index in [0.717, 1.165) is 18.8 Å². The van der Waals surface area contributed by atoms with Crippen molar-refractivity contribution in [3.05, 3.63) is 29.9 Å². The van der Waals surface area contributed by atoms with Crippen molar-refractivity contribution in [1.82, 2.24) is 19.5 Å². The Morgan fingerprint density at radius 2 is 2.00 bits per heavy atom. The lowest BCUT2D eigenvalue weighted by atomic mass is 10.4. The van der Waals surface area contributed by atoms with Crippen LogP contribution in [0.2, 0.25) is 5.15 Å². The molecule has 0 atom stereocenters. The fourth-order valence-corrected chi connectivity index (χ4v) is 1.61. The summed E-state index contributed by atoms with van der Waals surface area (Å²) in [4.78, 5) is 12.4. The van der Waals surface area contributed by atoms with E-state index in [2.05, 4.69) is 21.9 Å². The quantitative estimate of drug-likeness (QED) is 0.801. The van der Waals surface area contributed by atoms with Crippen molar-refractivity contribution in [3.8, 4) is 11.5 Å². The van der Waals surface area contributed by atoms with Crippen LogP contribution >= 0.6 is 11.6 Å². The number of imidazole rings is 1. The second kappa shape index (κ2) is 4.40. The van der Waals surface area contributed by atoms with Crippen molar-refractivity contribution in [2.75, 3.05) is 0 Å². The molecule has 0 aliphatic carbocycles. The Morgan fingerprint density at radius 3 is 2.73 bits per heavy atom. The summed E-state index contributed by atoms with van der Waals surface area (Å²) in [7, 11) is 0. The molecule has 2 heterocycles. The highest BCUT2D eigenvalue weighted by Crippen LogP contribution is 2.21. The van der Waals surface area contributed by atoms with Crippen molar-refractivity contribution < 1.29 is 0 Å². The van der Waals surface area contributed by atoms with E-state index in [1.54, 1.807) is 18.6 Å². The zero-order valence-corrected chi connectivity index (χ0v) is 9.15. The second-order valence-corrected chi connectivity index (χ2v) is 3.50. The molecule has 0 unspecified atom stereocenters. The number of hydrogen-bond donors (Lipinski definition) is 0. The third kappa shape index (κ3) is 1.99. The molecule has 2 aromatic heterocycles. The van der Waals surface area contributed by atoms with Crippen LogP contribution in [0.5, 0.6) is 0 Å². The van der Waals surface area contributed by atoms with Crippen LogP contribution in [0.3, 0.4) is 0 Å². The summed E-state index contributed by atoms with van der Waals surface area (Å²) in [5.41, 5.74) is 0.637. The third-order valence-corrected chi connectivity index (χ3v) is 2.32. The Labute approximate surface area is 93.0 Å². The molecule has 4 nitrogen and oxygen atoms in total. The Bertz CT molecular complexity index is 452. The average molecular weight is 223 g/mol. The SMILES string of the molecule is CCCn1ccnc1-c1nccnc1Cl. The summed E-state index contributed by atoms with van der Waals surface area (Å²) in [6.07, 6.45) is 7.90. The fraction of sp³-hybridized carbons (Fsp3) is 0.300. The predicted molar refractivity (Wildman–Crippen MR) is 58.6 cm³/mol. The van der Waals surface area contributed by atoms with E-state index in [0.29, 0.717) is 10.8 Å². The number of hydrogen-bond acceptors (Lipinski definition) is 3. The van der Waals surface area contributed by atoms with Crippen LogP contribution < -0.4 is 0 Å². The lowest BCUT2D eigenvalue weighted by Gasteiger charge is -2.05. The first kappa shape index (κ1) is 10.1. The minimum absolute atomic E-state index is 0.390. The Kier molecular flexibility index (Phi) is 2.97. The van der Waals surface area contributed by atoms with Gasteiger partial charge in [-0.2, -0.15) is 0 Å². The number of nitrogens with zero attached hydrogens (tertiary/aromatic N) is 4. The van der Waals surface area contributed by atoms with Crippen LogP contribution in [0.15, 0.2) is 24.8 Å². The van der Waals surface area contributed by atoms with E-state index in [9.17, 15) is 0 Å². The smallest absolute Gasteiger partial charge is 0.161 e. The summed E-state index contributed by atoms with van der Waals surface area (Å²) in [5, 5.41) is 0.390. The molecular weight excluding hydrogens is 212 g/mol. The minimum atomic E-state index is 0.390. The first-order valence-electron chi connectivity index (χ1n) is 4.81. The van der Waals surface area contributed by atoms with E-state index in [4.69, 9.17) is 11.6 Å². The van der Waals surface area contributed by atoms with E-state index >= 15 is 0 Å². The van der Waals surface area contributed by atoms with E-state index in [-0.39, 0.29) is 0 Å². The maximum Gasteiger partial charge on any atom is 0.161 e. The molecule has 15 heavy (non-hydrogen) atoms. The van der Waals surface area contributed by atoms with Gasteiger partial charge in [0.1, 0.15) is 5.69 Å². The summed E-state index contributed by atoms with van der Waals surface area (Å²) in [6.45, 7) is 3.02. The second-order valence-electron chi connectivity index (χ2n) is 3.14. The maximum absolute atomic E-state index is 5.96. The maximum atomic E-state index is 5.96. The summed E-state index contributed by atoms with van der Waals surface area (Å²) in [5.74, 6) is 0.773. The largest absolute Gasteiger partial charge is 0.330 e. The zero-order valence-electron chi connectivity index (χ0n) is 8.39. The van der Waals surface area contributed by atoms with Gasteiger partial charge in [0.05, 0.1) is 0 Å². The molecule has 0 bridgehead atoms. The van der Waals surface area contributed by atoms with Crippen molar-refractivity contribution in [1.29, 1.82) is 0 Å². The van der Waals surface area contributed by atoms with E-state index in [1.807, 2.05) is 10.8 Å². The van der Waals surface area contributed by atoms with Gasteiger partial charge in [-0.3, -0.25) is 0 Å². The Morgan fingerprint density at radius 1 is 1.20 bits per heavy atom. The molecule has 0 aliphatic rings. The monoisotopic (exact) mass is 222 g/mol. The number of aryl methyl sites for hydroxylation is 1. The minimum Gasteiger partial charge on any atom is -0.330 e. The van der Waals surface area contributed by atoms with Gasteiger partial charge in [-0.1, -0.05) is 18.5 Å². The standard InChI is InChI=1S/C10H11ClN4/c1-2-6-15-7-5-14-10(15)8-9(11)13-4-3-12-8/h3-5,7H,2,6H2,1H3. The third-order valence-electron chi connectivity index (χ3n) is 2.05. The van der Waals surface area contributed by atoms with Gasteiger partial charge in [-0.15, -0.1) is 0 Å². The molecule has 2 aromatic rings. The number of halogens is 1. The highest BCUT2D eigenvalue weighted by atomic mass is 35.5. The molecule has 2 rings (SSSR count). The molecule has 78 valence electrons. The molecule has 0 fully saturated rings. The topological polar surface area (TPSA) is 43.6 Å². The molecule has 0 amide bonds. The van der Waals surface area contributed by atoms with Gasteiger partial charge in [0.25, 0.3) is 0 Å². The van der Waals surface area contributed by atoms with Crippen LogP contribution in [0.1, 0.15) is 13.3 Å². The summed E-state index contributed by atoms with van der Waals surface area (Å²) >= 11 is 5.96. The van der Waals surface area contributed by atoms with Crippen LogP contribution in [0, 0.1) is 0 Å². The van der Waals surface area contributed by atoms with Gasteiger partial charge in [0.15, 0.2) is 11.0 Å². The summed E-state index contributed by atoms with van der Waals surface area (Å²) in [6, 6.07) is 0. The van der Waals surface area contributed by atoms with Gasteiger partial charge < -0.3 is 4.57 Å². The highest BCUT2D eigenvalue weighted by molar-refractivity contribution is 6.31. The van der Waals surface area contributed by atoms with Gasteiger partial charge in [0.2, 0.25) is 0 Å². The molecule has 0 aliphatic heterocycles. The zero-order chi connectivity index (χ0) is 10.7. The molecule has 0 N–H and O–H groups in total. The lowest BCUT2D eigenvalue weighted by Crippen LogP contribution is -2.00. The van der Waals surface area contributed by atoms with Gasteiger partial charge >= 0.3 is 0 Å². The molecule has 0 spiro atoms. The van der Waals surface area contributed by atoms with E-state index in [1.165, 1.54) is 0 Å². The van der Waals surface area contributed by atoms with Gasteiger partial charge in [-0.05, 0) is 6.42 Å². The predicted octanol–water partition coefficient (Wildman–Crippen LogP) is 2.40. The van der Waals surface area contributed by atoms with Crippen LogP contribution in [0.25, 0.3) is 11.5 Å². The van der Waals surface area contributed by atoms with Crippen LogP contribution in [-0.4, -0.2) is 19.5 Å². The van der Waals surface area contributed by atoms with E-state index < -0.39 is 0 Å². The molecule has 0 radical (unpaired) electrons. The first-order valence-corrected chi connectivity index (χ1v) is 5.18. The molecule has 0 saturated heterocycles. The van der Waals surface area contributed by atoms with Crippen LogP contribution in [0.4, 0.5) is 0 Å². The molecule has 0 aromatic carbocycles. The summed E-state index contributed by atoms with van der Waals surface area (Å²) < 4.78 is 2.02. The van der Waals surface area contributed by atoms with Gasteiger partial charge in [0, 0.05) is 31.3 Å². The number of rotatable bonds is 3. The Balaban J connectivity index is 2.45.